The molecule has 1 radical (unpaired) electrons. The Morgan fingerprint density at radius 2 is 1.41 bits per heavy atom. The molecular weight excluding hydrogens is 506 g/mol. The Balaban J connectivity index is 1.23. The lowest BCUT2D eigenvalue weighted by Crippen LogP contribution is -2.37. The second-order valence-electron chi connectivity index (χ2n) is 12.0. The van der Waals surface area contributed by atoms with Crippen molar-refractivity contribution in [1.82, 2.24) is 5.73 Å². The standard InChI is InChI=1S/C36H38N3O2/c1-36(2,3)28-15-13-25(14-16-28)31-11-7-8-12-32(31)35(41)38-29-17-19-30(20-18-29)39-23-21-27(22-24-39)33(34(37)40)26-9-5-4-6-10-26/h4-20,27,33,37H,21-24H2,1-3H3,(H,38,41). The molecular formula is C36H38N3O2. The number of carbonyl (C=O) groups is 2. The van der Waals surface area contributed by atoms with Crippen molar-refractivity contribution < 1.29 is 9.59 Å². The van der Waals surface area contributed by atoms with Crippen LogP contribution < -0.4 is 16.0 Å². The molecule has 41 heavy (non-hydrogen) atoms. The Kier molecular flexibility index (Phi) is 8.25. The van der Waals surface area contributed by atoms with E-state index in [1.165, 1.54) is 5.56 Å². The van der Waals surface area contributed by atoms with Gasteiger partial charge < -0.3 is 10.2 Å². The van der Waals surface area contributed by atoms with Crippen LogP contribution in [0.2, 0.25) is 0 Å². The third kappa shape index (κ3) is 6.51. The average Bonchev–Trinajstić information content (AvgIpc) is 2.98. The van der Waals surface area contributed by atoms with Gasteiger partial charge >= 0.3 is 0 Å². The number of nitrogens with zero attached hydrogens (tertiary/aromatic N) is 1. The van der Waals surface area contributed by atoms with Crippen LogP contribution in [0.1, 0.15) is 61.0 Å². The average molecular weight is 545 g/mol. The van der Waals surface area contributed by atoms with E-state index in [9.17, 15) is 9.59 Å². The predicted molar refractivity (Wildman–Crippen MR) is 167 cm³/mol. The fourth-order valence-corrected chi connectivity index (χ4v) is 5.83. The number of benzene rings is 4. The summed E-state index contributed by atoms with van der Waals surface area (Å²) in [6.07, 6.45) is 1.71. The van der Waals surface area contributed by atoms with E-state index in [0.29, 0.717) is 5.56 Å². The number of anilines is 2. The minimum absolute atomic E-state index is 0.0725. The summed E-state index contributed by atoms with van der Waals surface area (Å²) in [5, 5.41) is 3.07. The van der Waals surface area contributed by atoms with Gasteiger partial charge in [0.1, 0.15) is 0 Å². The van der Waals surface area contributed by atoms with Crippen LogP contribution in [0, 0.1) is 5.92 Å². The van der Waals surface area contributed by atoms with Crippen molar-refractivity contribution in [3.8, 4) is 11.1 Å². The van der Waals surface area contributed by atoms with Gasteiger partial charge in [-0.05, 0) is 76.8 Å². The lowest BCUT2D eigenvalue weighted by atomic mass is 9.79. The molecule has 4 aromatic rings. The summed E-state index contributed by atoms with van der Waals surface area (Å²) in [7, 11) is 0. The number of rotatable bonds is 7. The normalized spacial score (nSPS) is 14.9. The number of nitrogens with one attached hydrogen (secondary N) is 2. The predicted octanol–water partition coefficient (Wildman–Crippen LogP) is 7.71. The summed E-state index contributed by atoms with van der Waals surface area (Å²) >= 11 is 0. The minimum Gasteiger partial charge on any atom is -0.372 e. The highest BCUT2D eigenvalue weighted by atomic mass is 16.2. The zero-order chi connectivity index (χ0) is 29.0. The lowest BCUT2D eigenvalue weighted by Gasteiger charge is -2.36. The molecule has 0 aliphatic carbocycles. The summed E-state index contributed by atoms with van der Waals surface area (Å²) in [4.78, 5) is 27.8. The number of piperidine rings is 1. The Labute approximate surface area is 243 Å². The largest absolute Gasteiger partial charge is 0.372 e. The maximum absolute atomic E-state index is 13.3. The van der Waals surface area contributed by atoms with Crippen molar-refractivity contribution in [1.29, 1.82) is 0 Å². The van der Waals surface area contributed by atoms with Crippen LogP contribution in [0.5, 0.6) is 0 Å². The quantitative estimate of drug-likeness (QED) is 0.259. The SMILES string of the molecule is CC(C)(C)c1ccc(-c2ccccc2C(=O)Nc2ccc(N3CCC(C(C([NH])=O)c4ccccc4)CC3)cc2)cc1. The van der Waals surface area contributed by atoms with E-state index < -0.39 is 5.91 Å². The van der Waals surface area contributed by atoms with Gasteiger partial charge in [-0.2, -0.15) is 0 Å². The highest BCUT2D eigenvalue weighted by Crippen LogP contribution is 2.35. The van der Waals surface area contributed by atoms with Crippen molar-refractivity contribution in [3.05, 3.63) is 120 Å². The molecule has 209 valence electrons. The molecule has 1 fully saturated rings. The van der Waals surface area contributed by atoms with Crippen LogP contribution in [-0.4, -0.2) is 24.9 Å². The molecule has 2 N–H and O–H groups in total. The Morgan fingerprint density at radius 3 is 2.02 bits per heavy atom. The monoisotopic (exact) mass is 544 g/mol. The molecule has 1 unspecified atom stereocenters. The Hall–Kier alpha value is -4.38. The van der Waals surface area contributed by atoms with Gasteiger partial charge in [0.2, 0.25) is 5.91 Å². The molecule has 5 rings (SSSR count). The van der Waals surface area contributed by atoms with Crippen molar-refractivity contribution in [2.45, 2.75) is 44.9 Å². The Bertz CT molecular complexity index is 1480. The molecule has 1 aliphatic rings. The maximum atomic E-state index is 13.3. The molecule has 1 saturated heterocycles. The van der Waals surface area contributed by atoms with E-state index in [2.05, 4.69) is 55.3 Å². The van der Waals surface area contributed by atoms with E-state index in [-0.39, 0.29) is 23.2 Å². The van der Waals surface area contributed by atoms with Gasteiger partial charge in [0, 0.05) is 30.0 Å². The van der Waals surface area contributed by atoms with E-state index in [1.54, 1.807) is 0 Å². The molecule has 1 aliphatic heterocycles. The minimum atomic E-state index is -0.502. The zero-order valence-electron chi connectivity index (χ0n) is 24.1. The van der Waals surface area contributed by atoms with Crippen molar-refractivity contribution >= 4 is 23.2 Å². The van der Waals surface area contributed by atoms with E-state index in [0.717, 1.165) is 54.0 Å². The molecule has 5 heteroatoms. The Morgan fingerprint density at radius 1 is 0.805 bits per heavy atom. The van der Waals surface area contributed by atoms with Crippen molar-refractivity contribution in [3.63, 3.8) is 0 Å². The highest BCUT2D eigenvalue weighted by molar-refractivity contribution is 6.08. The smallest absolute Gasteiger partial charge is 0.256 e. The number of amides is 2. The summed E-state index contributed by atoms with van der Waals surface area (Å²) < 4.78 is 0. The lowest BCUT2D eigenvalue weighted by molar-refractivity contribution is -0.121. The first kappa shape index (κ1) is 28.2. The molecule has 2 amide bonds. The summed E-state index contributed by atoms with van der Waals surface area (Å²) in [5.41, 5.74) is 14.5. The first-order valence-electron chi connectivity index (χ1n) is 14.4. The van der Waals surface area contributed by atoms with Crippen molar-refractivity contribution in [2.75, 3.05) is 23.3 Å². The van der Waals surface area contributed by atoms with Gasteiger partial charge in [-0.3, -0.25) is 15.3 Å². The van der Waals surface area contributed by atoms with Crippen LogP contribution in [0.15, 0.2) is 103 Å². The second kappa shape index (κ2) is 12.0. The van der Waals surface area contributed by atoms with E-state index in [1.807, 2.05) is 78.9 Å². The highest BCUT2D eigenvalue weighted by Gasteiger charge is 2.31. The fraction of sp³-hybridized carbons (Fsp3) is 0.278. The summed E-state index contributed by atoms with van der Waals surface area (Å²) in [6, 6.07) is 33.9. The first-order valence-corrected chi connectivity index (χ1v) is 14.4. The molecule has 1 atom stereocenters. The molecule has 5 nitrogen and oxygen atoms in total. The van der Waals surface area contributed by atoms with Gasteiger partial charge in [0.15, 0.2) is 0 Å². The van der Waals surface area contributed by atoms with Crippen LogP contribution in [-0.2, 0) is 10.2 Å². The molecule has 0 saturated carbocycles. The third-order valence-corrected chi connectivity index (χ3v) is 8.18. The van der Waals surface area contributed by atoms with Crippen molar-refractivity contribution in [2.24, 2.45) is 5.92 Å². The van der Waals surface area contributed by atoms with Crippen LogP contribution in [0.25, 0.3) is 11.1 Å². The molecule has 0 spiro atoms. The zero-order valence-corrected chi connectivity index (χ0v) is 24.1. The maximum Gasteiger partial charge on any atom is 0.256 e. The van der Waals surface area contributed by atoms with Gasteiger partial charge in [-0.1, -0.05) is 93.6 Å². The first-order chi connectivity index (χ1) is 19.7. The van der Waals surface area contributed by atoms with Gasteiger partial charge in [0.25, 0.3) is 5.91 Å². The second-order valence-corrected chi connectivity index (χ2v) is 12.0. The van der Waals surface area contributed by atoms with E-state index >= 15 is 0 Å². The van der Waals surface area contributed by atoms with Gasteiger partial charge in [-0.25, -0.2) is 0 Å². The number of hydrogen-bond acceptors (Lipinski definition) is 3. The number of carbonyl (C=O) groups excluding carboxylic acids is 2. The summed E-state index contributed by atoms with van der Waals surface area (Å²) in [5.74, 6) is -0.837. The third-order valence-electron chi connectivity index (χ3n) is 8.18. The molecule has 0 aromatic heterocycles. The molecule has 0 bridgehead atoms. The molecule has 4 aromatic carbocycles. The molecule has 1 heterocycles. The van der Waals surface area contributed by atoms with E-state index in [4.69, 9.17) is 5.73 Å². The number of hydrogen-bond donors (Lipinski definition) is 1. The van der Waals surface area contributed by atoms with Crippen LogP contribution >= 0.6 is 0 Å². The topological polar surface area (TPSA) is 73.2 Å². The van der Waals surface area contributed by atoms with Gasteiger partial charge in [0.05, 0.1) is 5.92 Å². The van der Waals surface area contributed by atoms with Crippen LogP contribution in [0.3, 0.4) is 0 Å². The van der Waals surface area contributed by atoms with Gasteiger partial charge in [-0.15, -0.1) is 0 Å². The van der Waals surface area contributed by atoms with Crippen LogP contribution in [0.4, 0.5) is 11.4 Å². The summed E-state index contributed by atoms with van der Waals surface area (Å²) in [6.45, 7) is 8.24. The fourth-order valence-electron chi connectivity index (χ4n) is 5.83.